The number of amides is 1. The Labute approximate surface area is 146 Å². The van der Waals surface area contributed by atoms with Crippen molar-refractivity contribution in [3.05, 3.63) is 58.5 Å². The Bertz CT molecular complexity index is 801. The van der Waals surface area contributed by atoms with E-state index in [1.165, 1.54) is 4.57 Å². The summed E-state index contributed by atoms with van der Waals surface area (Å²) in [5, 5.41) is 13.3. The van der Waals surface area contributed by atoms with Crippen molar-refractivity contribution in [2.24, 2.45) is 0 Å². The van der Waals surface area contributed by atoms with Crippen molar-refractivity contribution >= 4 is 11.6 Å². The standard InChI is InChI=1S/C19H23N3O3/c1-21(16-9-5-6-11-20-18(16)24)15-10-12-22(19(25)17(15)23)13-14-7-3-2-4-8-14/h2-4,7-8,10,12,16,23H,5-6,9,11,13H2,1H3,(H,20,24). The molecule has 0 bridgehead atoms. The van der Waals surface area contributed by atoms with Gasteiger partial charge in [0.25, 0.3) is 5.56 Å². The van der Waals surface area contributed by atoms with E-state index in [0.717, 1.165) is 18.4 Å². The van der Waals surface area contributed by atoms with E-state index in [-0.39, 0.29) is 17.7 Å². The number of anilines is 1. The Hall–Kier alpha value is -2.76. The maximum atomic E-state index is 12.5. The van der Waals surface area contributed by atoms with Crippen molar-refractivity contribution in [2.75, 3.05) is 18.5 Å². The van der Waals surface area contributed by atoms with Crippen LogP contribution >= 0.6 is 0 Å². The quantitative estimate of drug-likeness (QED) is 0.888. The molecule has 132 valence electrons. The number of hydrogen-bond donors (Lipinski definition) is 2. The minimum absolute atomic E-state index is 0.0622. The SMILES string of the molecule is CN(c1ccn(Cc2ccccc2)c(=O)c1O)C1CCCCNC1=O. The molecule has 1 amide bonds. The summed E-state index contributed by atoms with van der Waals surface area (Å²) in [7, 11) is 1.74. The van der Waals surface area contributed by atoms with Crippen molar-refractivity contribution < 1.29 is 9.90 Å². The number of aromatic nitrogens is 1. The lowest BCUT2D eigenvalue weighted by atomic mass is 10.1. The number of hydrogen-bond acceptors (Lipinski definition) is 4. The second-order valence-electron chi connectivity index (χ2n) is 6.38. The van der Waals surface area contributed by atoms with E-state index < -0.39 is 5.56 Å². The number of likely N-dealkylation sites (N-methyl/N-ethyl adjacent to an activating group) is 1. The maximum Gasteiger partial charge on any atom is 0.295 e. The third-order valence-electron chi connectivity index (χ3n) is 4.67. The molecule has 0 saturated carbocycles. The molecular weight excluding hydrogens is 318 g/mol. The molecular formula is C19H23N3O3. The van der Waals surface area contributed by atoms with E-state index >= 15 is 0 Å². The van der Waals surface area contributed by atoms with Crippen LogP contribution in [0.25, 0.3) is 0 Å². The molecule has 2 heterocycles. The Balaban J connectivity index is 1.86. The summed E-state index contributed by atoms with van der Waals surface area (Å²) in [5.74, 6) is -0.383. The summed E-state index contributed by atoms with van der Waals surface area (Å²) in [6.07, 6.45) is 4.24. The number of carbonyl (C=O) groups excluding carboxylic acids is 1. The van der Waals surface area contributed by atoms with Crippen LogP contribution in [0.2, 0.25) is 0 Å². The molecule has 0 spiro atoms. The van der Waals surface area contributed by atoms with Gasteiger partial charge in [-0.3, -0.25) is 9.59 Å². The predicted molar refractivity (Wildman–Crippen MR) is 97.0 cm³/mol. The first-order valence-corrected chi connectivity index (χ1v) is 8.55. The first-order valence-electron chi connectivity index (χ1n) is 8.55. The summed E-state index contributed by atoms with van der Waals surface area (Å²) < 4.78 is 1.47. The van der Waals surface area contributed by atoms with Crippen LogP contribution in [0.4, 0.5) is 5.69 Å². The lowest BCUT2D eigenvalue weighted by Gasteiger charge is -2.28. The van der Waals surface area contributed by atoms with Gasteiger partial charge in [-0.25, -0.2) is 0 Å². The number of benzene rings is 1. The van der Waals surface area contributed by atoms with E-state index in [9.17, 15) is 14.7 Å². The van der Waals surface area contributed by atoms with E-state index in [1.807, 2.05) is 30.3 Å². The first kappa shape index (κ1) is 17.1. The van der Waals surface area contributed by atoms with E-state index in [1.54, 1.807) is 24.2 Å². The fourth-order valence-corrected chi connectivity index (χ4v) is 3.20. The Kier molecular flexibility index (Phi) is 5.07. The summed E-state index contributed by atoms with van der Waals surface area (Å²) in [4.78, 5) is 26.4. The summed E-state index contributed by atoms with van der Waals surface area (Å²) in [6, 6.07) is 10.9. The number of pyridine rings is 1. The number of nitrogens with zero attached hydrogens (tertiary/aromatic N) is 2. The summed E-state index contributed by atoms with van der Waals surface area (Å²) >= 11 is 0. The van der Waals surface area contributed by atoms with Gasteiger partial charge >= 0.3 is 0 Å². The second-order valence-corrected chi connectivity index (χ2v) is 6.38. The van der Waals surface area contributed by atoms with Gasteiger partial charge in [-0.2, -0.15) is 0 Å². The molecule has 1 aliphatic heterocycles. The first-order chi connectivity index (χ1) is 12.1. The van der Waals surface area contributed by atoms with Crippen molar-refractivity contribution in [3.63, 3.8) is 0 Å². The van der Waals surface area contributed by atoms with Crippen LogP contribution in [0.5, 0.6) is 5.75 Å². The second kappa shape index (κ2) is 7.42. The van der Waals surface area contributed by atoms with Gasteiger partial charge in [0.15, 0.2) is 0 Å². The van der Waals surface area contributed by atoms with Crippen molar-refractivity contribution in [1.29, 1.82) is 0 Å². The molecule has 0 radical (unpaired) electrons. The molecule has 2 N–H and O–H groups in total. The van der Waals surface area contributed by atoms with E-state index in [2.05, 4.69) is 5.32 Å². The van der Waals surface area contributed by atoms with Crippen LogP contribution in [0.15, 0.2) is 47.4 Å². The van der Waals surface area contributed by atoms with Gasteiger partial charge in [-0.1, -0.05) is 30.3 Å². The highest BCUT2D eigenvalue weighted by Gasteiger charge is 2.27. The molecule has 0 aliphatic carbocycles. The Morgan fingerprint density at radius 2 is 1.96 bits per heavy atom. The van der Waals surface area contributed by atoms with Gasteiger partial charge in [-0.05, 0) is 30.9 Å². The minimum Gasteiger partial charge on any atom is -0.502 e. The molecule has 2 aromatic rings. The minimum atomic E-state index is -0.456. The van der Waals surface area contributed by atoms with Gasteiger partial charge in [0.05, 0.1) is 12.2 Å². The fourth-order valence-electron chi connectivity index (χ4n) is 3.20. The monoisotopic (exact) mass is 341 g/mol. The van der Waals surface area contributed by atoms with Crippen molar-refractivity contribution in [1.82, 2.24) is 9.88 Å². The van der Waals surface area contributed by atoms with Gasteiger partial charge in [0, 0.05) is 19.8 Å². The molecule has 1 fully saturated rings. The van der Waals surface area contributed by atoms with Gasteiger partial charge in [0.1, 0.15) is 6.04 Å². The molecule has 1 unspecified atom stereocenters. The van der Waals surface area contributed by atoms with E-state index in [0.29, 0.717) is 25.2 Å². The lowest BCUT2D eigenvalue weighted by Crippen LogP contribution is -2.44. The zero-order valence-electron chi connectivity index (χ0n) is 14.3. The highest BCUT2D eigenvalue weighted by molar-refractivity contribution is 5.85. The van der Waals surface area contributed by atoms with Crippen LogP contribution in [0, 0.1) is 0 Å². The smallest absolute Gasteiger partial charge is 0.295 e. The average Bonchev–Trinajstić information content (AvgIpc) is 2.84. The van der Waals surface area contributed by atoms with Gasteiger partial charge in [0.2, 0.25) is 11.7 Å². The molecule has 25 heavy (non-hydrogen) atoms. The molecule has 3 rings (SSSR count). The topological polar surface area (TPSA) is 74.6 Å². The highest BCUT2D eigenvalue weighted by atomic mass is 16.3. The predicted octanol–water partition coefficient (Wildman–Crippen LogP) is 1.71. The highest BCUT2D eigenvalue weighted by Crippen LogP contribution is 2.26. The number of nitrogens with one attached hydrogen (secondary N) is 1. The molecule has 1 aliphatic rings. The zero-order chi connectivity index (χ0) is 17.8. The van der Waals surface area contributed by atoms with Crippen LogP contribution < -0.4 is 15.8 Å². The molecule has 1 aromatic heterocycles. The Morgan fingerprint density at radius 1 is 1.20 bits per heavy atom. The van der Waals surface area contributed by atoms with Crippen molar-refractivity contribution in [3.8, 4) is 5.75 Å². The lowest BCUT2D eigenvalue weighted by molar-refractivity contribution is -0.122. The third-order valence-corrected chi connectivity index (χ3v) is 4.67. The van der Waals surface area contributed by atoms with Crippen LogP contribution in [-0.4, -0.2) is 35.2 Å². The zero-order valence-corrected chi connectivity index (χ0v) is 14.3. The van der Waals surface area contributed by atoms with E-state index in [4.69, 9.17) is 0 Å². The fraction of sp³-hybridized carbons (Fsp3) is 0.368. The third kappa shape index (κ3) is 3.68. The van der Waals surface area contributed by atoms with Crippen LogP contribution in [0.3, 0.4) is 0 Å². The Morgan fingerprint density at radius 3 is 2.72 bits per heavy atom. The molecule has 1 saturated heterocycles. The largest absolute Gasteiger partial charge is 0.502 e. The normalized spacial score (nSPS) is 17.6. The summed E-state index contributed by atoms with van der Waals surface area (Å²) in [6.45, 7) is 1.06. The number of aromatic hydroxyl groups is 1. The number of rotatable bonds is 4. The van der Waals surface area contributed by atoms with Crippen LogP contribution in [-0.2, 0) is 11.3 Å². The van der Waals surface area contributed by atoms with Crippen molar-refractivity contribution in [2.45, 2.75) is 31.8 Å². The van der Waals surface area contributed by atoms with Gasteiger partial charge < -0.3 is 19.9 Å². The average molecular weight is 341 g/mol. The number of carbonyl (C=O) groups is 1. The van der Waals surface area contributed by atoms with Crippen LogP contribution in [0.1, 0.15) is 24.8 Å². The molecule has 6 nitrogen and oxygen atoms in total. The molecule has 6 heteroatoms. The molecule has 1 atom stereocenters. The molecule has 1 aromatic carbocycles. The summed E-state index contributed by atoms with van der Waals surface area (Å²) in [5.41, 5.74) is 0.909. The van der Waals surface area contributed by atoms with Gasteiger partial charge in [-0.15, -0.1) is 0 Å². The maximum absolute atomic E-state index is 12.5.